The van der Waals surface area contributed by atoms with Crippen molar-refractivity contribution >= 4 is 29.3 Å². The number of benzene rings is 2. The van der Waals surface area contributed by atoms with E-state index in [0.29, 0.717) is 17.2 Å². The van der Waals surface area contributed by atoms with Crippen molar-refractivity contribution in [2.75, 3.05) is 18.2 Å². The lowest BCUT2D eigenvalue weighted by Gasteiger charge is -2.15. The van der Waals surface area contributed by atoms with Gasteiger partial charge in [0, 0.05) is 10.6 Å². The third kappa shape index (κ3) is 6.30. The fourth-order valence-electron chi connectivity index (χ4n) is 2.52. The Morgan fingerprint density at radius 2 is 1.82 bits per heavy atom. The summed E-state index contributed by atoms with van der Waals surface area (Å²) < 4.78 is 10.5. The SMILES string of the molecule is COc1ccc(C)cc1NC(=O)[C@H](C)OC(=O)CCSc1ccc(C)c(C)c1. The van der Waals surface area contributed by atoms with Crippen LogP contribution in [0.25, 0.3) is 0 Å². The van der Waals surface area contributed by atoms with Crippen LogP contribution in [0.3, 0.4) is 0 Å². The molecule has 0 saturated heterocycles. The number of ether oxygens (including phenoxy) is 2. The van der Waals surface area contributed by atoms with Gasteiger partial charge in [-0.25, -0.2) is 0 Å². The minimum Gasteiger partial charge on any atom is -0.495 e. The van der Waals surface area contributed by atoms with Gasteiger partial charge in [-0.1, -0.05) is 12.1 Å². The molecule has 28 heavy (non-hydrogen) atoms. The van der Waals surface area contributed by atoms with E-state index < -0.39 is 12.1 Å². The van der Waals surface area contributed by atoms with Gasteiger partial charge in [0.2, 0.25) is 0 Å². The number of esters is 1. The van der Waals surface area contributed by atoms with Crippen LogP contribution in [-0.2, 0) is 14.3 Å². The standard InChI is InChI=1S/C22H27NO4S/c1-14-6-9-20(26-5)19(12-14)23-22(25)17(4)27-21(24)10-11-28-18-8-7-15(2)16(3)13-18/h6-9,12-13,17H,10-11H2,1-5H3,(H,23,25)/t17-/m0/s1. The molecule has 0 aliphatic heterocycles. The van der Waals surface area contributed by atoms with E-state index in [4.69, 9.17) is 9.47 Å². The molecule has 2 rings (SSSR count). The molecule has 2 aromatic carbocycles. The minimum absolute atomic E-state index is 0.239. The molecule has 0 fully saturated rings. The van der Waals surface area contributed by atoms with Gasteiger partial charge in [-0.05, 0) is 68.7 Å². The molecule has 0 unspecified atom stereocenters. The molecule has 0 bridgehead atoms. The van der Waals surface area contributed by atoms with Crippen molar-refractivity contribution in [2.24, 2.45) is 0 Å². The smallest absolute Gasteiger partial charge is 0.307 e. The van der Waals surface area contributed by atoms with E-state index in [1.54, 1.807) is 24.8 Å². The predicted molar refractivity (Wildman–Crippen MR) is 113 cm³/mol. The first-order chi connectivity index (χ1) is 13.3. The van der Waals surface area contributed by atoms with Gasteiger partial charge in [0.05, 0.1) is 19.2 Å². The van der Waals surface area contributed by atoms with Crippen LogP contribution in [0.15, 0.2) is 41.3 Å². The largest absolute Gasteiger partial charge is 0.495 e. The molecule has 2 aromatic rings. The van der Waals surface area contributed by atoms with Gasteiger partial charge in [0.15, 0.2) is 6.10 Å². The van der Waals surface area contributed by atoms with E-state index in [2.05, 4.69) is 31.3 Å². The van der Waals surface area contributed by atoms with Crippen LogP contribution in [0.2, 0.25) is 0 Å². The van der Waals surface area contributed by atoms with E-state index in [0.717, 1.165) is 10.5 Å². The zero-order chi connectivity index (χ0) is 20.7. The average molecular weight is 402 g/mol. The lowest BCUT2D eigenvalue weighted by molar-refractivity contribution is -0.152. The lowest BCUT2D eigenvalue weighted by Crippen LogP contribution is -2.30. The van der Waals surface area contributed by atoms with E-state index in [1.807, 2.05) is 25.1 Å². The van der Waals surface area contributed by atoms with Gasteiger partial charge in [0.25, 0.3) is 5.91 Å². The normalized spacial score (nSPS) is 11.6. The second-order valence-electron chi connectivity index (χ2n) is 6.67. The molecule has 5 nitrogen and oxygen atoms in total. The fraction of sp³-hybridized carbons (Fsp3) is 0.364. The van der Waals surface area contributed by atoms with Gasteiger partial charge < -0.3 is 14.8 Å². The number of rotatable bonds is 8. The number of amides is 1. The number of aryl methyl sites for hydroxylation is 3. The first-order valence-corrected chi connectivity index (χ1v) is 10.1. The summed E-state index contributed by atoms with van der Waals surface area (Å²) in [6, 6.07) is 11.7. The molecule has 150 valence electrons. The monoisotopic (exact) mass is 401 g/mol. The second kappa shape index (κ2) is 10.2. The Hall–Kier alpha value is -2.47. The maximum atomic E-state index is 12.3. The Kier molecular flexibility index (Phi) is 7.93. The van der Waals surface area contributed by atoms with Crippen LogP contribution in [0.1, 0.15) is 30.0 Å². The van der Waals surface area contributed by atoms with E-state index >= 15 is 0 Å². The highest BCUT2D eigenvalue weighted by atomic mass is 32.2. The Morgan fingerprint density at radius 3 is 2.50 bits per heavy atom. The number of methoxy groups -OCH3 is 1. The zero-order valence-corrected chi connectivity index (χ0v) is 17.8. The summed E-state index contributed by atoms with van der Waals surface area (Å²) >= 11 is 1.60. The molecule has 0 saturated carbocycles. The number of carbonyl (C=O) groups excluding carboxylic acids is 2. The third-order valence-electron chi connectivity index (χ3n) is 4.34. The molecular weight excluding hydrogens is 374 g/mol. The molecule has 0 spiro atoms. The molecule has 1 amide bonds. The number of nitrogens with one attached hydrogen (secondary N) is 1. The molecule has 1 N–H and O–H groups in total. The highest BCUT2D eigenvalue weighted by Gasteiger charge is 2.19. The second-order valence-corrected chi connectivity index (χ2v) is 7.84. The van der Waals surface area contributed by atoms with Gasteiger partial charge in [-0.15, -0.1) is 11.8 Å². The van der Waals surface area contributed by atoms with Crippen LogP contribution in [0.5, 0.6) is 5.75 Å². The molecule has 0 heterocycles. The van der Waals surface area contributed by atoms with Gasteiger partial charge >= 0.3 is 5.97 Å². The third-order valence-corrected chi connectivity index (χ3v) is 5.34. The Balaban J connectivity index is 1.82. The first kappa shape index (κ1) is 21.8. The van der Waals surface area contributed by atoms with Gasteiger partial charge in [0.1, 0.15) is 5.75 Å². The summed E-state index contributed by atoms with van der Waals surface area (Å²) in [6.07, 6.45) is -0.646. The van der Waals surface area contributed by atoms with Gasteiger partial charge in [-0.3, -0.25) is 9.59 Å². The maximum Gasteiger partial charge on any atom is 0.307 e. The summed E-state index contributed by atoms with van der Waals surface area (Å²) in [7, 11) is 1.54. The average Bonchev–Trinajstić information content (AvgIpc) is 2.64. The zero-order valence-electron chi connectivity index (χ0n) is 17.0. The minimum atomic E-state index is -0.885. The highest BCUT2D eigenvalue weighted by molar-refractivity contribution is 7.99. The van der Waals surface area contributed by atoms with Crippen molar-refractivity contribution in [3.63, 3.8) is 0 Å². The summed E-state index contributed by atoms with van der Waals surface area (Å²) in [6.45, 7) is 7.62. The molecular formula is C22H27NO4S. The summed E-state index contributed by atoms with van der Waals surface area (Å²) in [5.74, 6) is 0.373. The Bertz CT molecular complexity index is 850. The van der Waals surface area contributed by atoms with E-state index in [1.165, 1.54) is 18.2 Å². The predicted octanol–water partition coefficient (Wildman–Crippen LogP) is 4.67. The van der Waals surface area contributed by atoms with Crippen molar-refractivity contribution < 1.29 is 19.1 Å². The molecule has 0 aliphatic rings. The number of hydrogen-bond donors (Lipinski definition) is 1. The molecule has 0 radical (unpaired) electrons. The summed E-state index contributed by atoms with van der Waals surface area (Å²) in [4.78, 5) is 25.5. The van der Waals surface area contributed by atoms with Gasteiger partial charge in [-0.2, -0.15) is 0 Å². The van der Waals surface area contributed by atoms with Crippen molar-refractivity contribution in [1.29, 1.82) is 0 Å². The topological polar surface area (TPSA) is 64.6 Å². The van der Waals surface area contributed by atoms with Crippen LogP contribution in [0, 0.1) is 20.8 Å². The molecule has 6 heteroatoms. The van der Waals surface area contributed by atoms with Crippen LogP contribution < -0.4 is 10.1 Å². The summed E-state index contributed by atoms with van der Waals surface area (Å²) in [5, 5.41) is 2.75. The van der Waals surface area contributed by atoms with Crippen molar-refractivity contribution in [3.8, 4) is 5.75 Å². The van der Waals surface area contributed by atoms with Crippen molar-refractivity contribution in [3.05, 3.63) is 53.1 Å². The number of carbonyl (C=O) groups is 2. The van der Waals surface area contributed by atoms with E-state index in [-0.39, 0.29) is 12.3 Å². The summed E-state index contributed by atoms with van der Waals surface area (Å²) in [5.41, 5.74) is 4.02. The van der Waals surface area contributed by atoms with Crippen molar-refractivity contribution in [1.82, 2.24) is 0 Å². The number of thioether (sulfide) groups is 1. The van der Waals surface area contributed by atoms with Crippen LogP contribution >= 0.6 is 11.8 Å². The fourth-order valence-corrected chi connectivity index (χ4v) is 3.45. The first-order valence-electron chi connectivity index (χ1n) is 9.15. The number of anilines is 1. The number of hydrogen-bond acceptors (Lipinski definition) is 5. The Morgan fingerprint density at radius 1 is 1.07 bits per heavy atom. The van der Waals surface area contributed by atoms with Crippen molar-refractivity contribution in [2.45, 2.75) is 45.1 Å². The lowest BCUT2D eigenvalue weighted by atomic mass is 10.1. The van der Waals surface area contributed by atoms with Crippen LogP contribution in [-0.4, -0.2) is 30.8 Å². The molecule has 1 atom stereocenters. The molecule has 0 aliphatic carbocycles. The maximum absolute atomic E-state index is 12.3. The van der Waals surface area contributed by atoms with Crippen LogP contribution in [0.4, 0.5) is 5.69 Å². The Labute approximate surface area is 170 Å². The molecule has 0 aromatic heterocycles. The quantitative estimate of drug-likeness (QED) is 0.514. The highest BCUT2D eigenvalue weighted by Crippen LogP contribution is 2.25. The van der Waals surface area contributed by atoms with E-state index in [9.17, 15) is 9.59 Å².